The molecule has 0 saturated heterocycles. The zero-order valence-electron chi connectivity index (χ0n) is 15.2. The highest BCUT2D eigenvalue weighted by Crippen LogP contribution is 2.64. The van der Waals surface area contributed by atoms with E-state index in [0.29, 0.717) is 0 Å². The van der Waals surface area contributed by atoms with E-state index in [1.165, 1.54) is 0 Å². The summed E-state index contributed by atoms with van der Waals surface area (Å²) in [6.45, 7) is 0. The van der Waals surface area contributed by atoms with Crippen LogP contribution in [-0.4, -0.2) is 75.3 Å². The Hall–Kier alpha value is -1.47. The molecule has 21 heteroatoms. The lowest BCUT2D eigenvalue weighted by Crippen LogP contribution is -2.74. The predicted octanol–water partition coefficient (Wildman–Crippen LogP) is 5.83. The van der Waals surface area contributed by atoms with Crippen LogP contribution in [0.5, 0.6) is 0 Å². The second-order valence-electron chi connectivity index (χ2n) is 6.49. The molecule has 204 valence electrons. The average molecular weight is 571 g/mol. The summed E-state index contributed by atoms with van der Waals surface area (Å²) in [4.78, 5) is 10.4. The van der Waals surface area contributed by atoms with E-state index in [2.05, 4.69) is 0 Å². The summed E-state index contributed by atoms with van der Waals surface area (Å²) in [6, 6.07) is 0. The first-order chi connectivity index (χ1) is 14.5. The Bertz CT molecular complexity index is 747. The fourth-order valence-electron chi connectivity index (χ4n) is 1.99. The lowest BCUT2D eigenvalue weighted by atomic mass is 9.87. The molecule has 2 N–H and O–H groups in total. The molecule has 0 aromatic heterocycles. The number of aliphatic hydroxyl groups is 1. The molecule has 34 heavy (non-hydrogen) atoms. The average Bonchev–Trinajstić information content (AvgIpc) is 2.63. The maximum absolute atomic E-state index is 13.5. The molecule has 0 aliphatic rings. The first kappa shape index (κ1) is 32.5. The summed E-state index contributed by atoms with van der Waals surface area (Å²) in [7, 11) is 0. The largest absolute Gasteiger partial charge is 0.480 e. The number of alkyl halides is 18. The van der Waals surface area contributed by atoms with Crippen LogP contribution in [0.4, 0.5) is 74.6 Å². The molecule has 0 radical (unpaired) electrons. The van der Waals surface area contributed by atoms with Crippen molar-refractivity contribution in [1.82, 2.24) is 0 Å². The Labute approximate surface area is 180 Å². The topological polar surface area (TPSA) is 57.5 Å². The fourth-order valence-corrected chi connectivity index (χ4v) is 2.12. The van der Waals surface area contributed by atoms with Crippen LogP contribution < -0.4 is 0 Å². The lowest BCUT2D eigenvalue weighted by molar-refractivity contribution is -0.461. The number of carboxylic acid groups (broad SMARTS) is 1. The summed E-state index contributed by atoms with van der Waals surface area (Å²) in [5.41, 5.74) is 0. The molecule has 0 spiro atoms. The van der Waals surface area contributed by atoms with Gasteiger partial charge in [0, 0.05) is 6.42 Å². The van der Waals surface area contributed by atoms with Gasteiger partial charge in [0.25, 0.3) is 0 Å². The molecule has 0 heterocycles. The number of halogens is 18. The van der Waals surface area contributed by atoms with Gasteiger partial charge >= 0.3 is 53.6 Å². The van der Waals surface area contributed by atoms with Gasteiger partial charge in [0.2, 0.25) is 0 Å². The van der Waals surface area contributed by atoms with Crippen LogP contribution in [0.1, 0.15) is 12.8 Å². The van der Waals surface area contributed by atoms with Crippen LogP contribution >= 0.6 is 11.6 Å². The Balaban J connectivity index is 6.42. The SMILES string of the molecule is O=C(O)C(Cl)C(O)CCC(F)(F)C(F)(F)C(F)(F)C(F)(F)C(F)(F)C(F)(F)C(F)(F)C(F)(F)F. The molecule has 2 atom stereocenters. The minimum absolute atomic E-state index is 2.05. The van der Waals surface area contributed by atoms with Gasteiger partial charge in [0.15, 0.2) is 5.38 Å². The third-order valence-corrected chi connectivity index (χ3v) is 4.59. The van der Waals surface area contributed by atoms with Gasteiger partial charge in [0.05, 0.1) is 6.10 Å². The Morgan fingerprint density at radius 3 is 1.21 bits per heavy atom. The summed E-state index contributed by atoms with van der Waals surface area (Å²) in [5, 5.41) is 14.8. The Kier molecular flexibility index (Phi) is 8.50. The summed E-state index contributed by atoms with van der Waals surface area (Å²) < 4.78 is 222. The van der Waals surface area contributed by atoms with Gasteiger partial charge in [-0.1, -0.05) is 0 Å². The van der Waals surface area contributed by atoms with E-state index < -0.39 is 77.9 Å². The van der Waals surface area contributed by atoms with Gasteiger partial charge in [-0.25, -0.2) is 0 Å². The van der Waals surface area contributed by atoms with Crippen LogP contribution in [0.15, 0.2) is 0 Å². The molecule has 0 bridgehead atoms. The van der Waals surface area contributed by atoms with Gasteiger partial charge in [0.1, 0.15) is 0 Å². The zero-order valence-corrected chi connectivity index (χ0v) is 15.9. The first-order valence-corrected chi connectivity index (χ1v) is 8.19. The van der Waals surface area contributed by atoms with Crippen molar-refractivity contribution in [3.8, 4) is 0 Å². The number of carboxylic acids is 1. The molecule has 0 aromatic carbocycles. The van der Waals surface area contributed by atoms with Gasteiger partial charge in [-0.3, -0.25) is 4.79 Å². The minimum Gasteiger partial charge on any atom is -0.480 e. The van der Waals surface area contributed by atoms with E-state index >= 15 is 0 Å². The number of hydrogen-bond acceptors (Lipinski definition) is 2. The molecule has 0 amide bonds. The molecule has 3 nitrogen and oxygen atoms in total. The van der Waals surface area contributed by atoms with Crippen LogP contribution in [0.3, 0.4) is 0 Å². The van der Waals surface area contributed by atoms with Crippen LogP contribution in [0.25, 0.3) is 0 Å². The van der Waals surface area contributed by atoms with Crippen molar-refractivity contribution in [2.24, 2.45) is 0 Å². The van der Waals surface area contributed by atoms with E-state index in [-0.39, 0.29) is 0 Å². The van der Waals surface area contributed by atoms with E-state index in [4.69, 9.17) is 21.8 Å². The smallest absolute Gasteiger partial charge is 0.460 e. The molecule has 0 aliphatic carbocycles. The van der Waals surface area contributed by atoms with Gasteiger partial charge in [-0.15, -0.1) is 11.6 Å². The summed E-state index contributed by atoms with van der Waals surface area (Å²) in [5.74, 6) is -59.5. The number of rotatable bonds is 11. The molecule has 0 aliphatic heterocycles. The molecule has 0 rings (SSSR count). The summed E-state index contributed by atoms with van der Waals surface area (Å²) in [6.07, 6.45) is -15.7. The van der Waals surface area contributed by atoms with Crippen molar-refractivity contribution in [1.29, 1.82) is 0 Å². The third kappa shape index (κ3) is 4.67. The van der Waals surface area contributed by atoms with E-state index in [0.717, 1.165) is 0 Å². The van der Waals surface area contributed by atoms with E-state index in [1.54, 1.807) is 0 Å². The van der Waals surface area contributed by atoms with Gasteiger partial charge in [-0.05, 0) is 6.42 Å². The lowest BCUT2D eigenvalue weighted by Gasteiger charge is -2.42. The quantitative estimate of drug-likeness (QED) is 0.243. The molecule has 0 aromatic rings. The summed E-state index contributed by atoms with van der Waals surface area (Å²) >= 11 is 4.87. The van der Waals surface area contributed by atoms with Gasteiger partial charge in [-0.2, -0.15) is 74.6 Å². The predicted molar refractivity (Wildman–Crippen MR) is 73.2 cm³/mol. The van der Waals surface area contributed by atoms with Crippen molar-refractivity contribution in [2.45, 2.75) is 72.0 Å². The maximum Gasteiger partial charge on any atom is 0.460 e. The standard InChI is InChI=1S/C13H8ClF17O3/c14-4(5(33)34)3(32)1-2-6(15,16)7(17,18)8(19,20)9(21,22)10(23,24)11(25,26)12(27,28)13(29,30)31/h3-4,32H,1-2H2,(H,33,34). The molecule has 2 unspecified atom stereocenters. The second-order valence-corrected chi connectivity index (χ2v) is 6.96. The van der Waals surface area contributed by atoms with Gasteiger partial charge < -0.3 is 10.2 Å². The monoisotopic (exact) mass is 570 g/mol. The normalized spacial score (nSPS) is 17.5. The molecule has 0 fully saturated rings. The van der Waals surface area contributed by atoms with E-state index in [1.807, 2.05) is 0 Å². The zero-order chi connectivity index (χ0) is 28.1. The Morgan fingerprint density at radius 1 is 0.618 bits per heavy atom. The van der Waals surface area contributed by atoms with Crippen LogP contribution in [0, 0.1) is 0 Å². The highest BCUT2D eigenvalue weighted by atomic mass is 35.5. The Morgan fingerprint density at radius 2 is 0.912 bits per heavy atom. The first-order valence-electron chi connectivity index (χ1n) is 7.75. The van der Waals surface area contributed by atoms with Crippen LogP contribution in [-0.2, 0) is 4.79 Å². The van der Waals surface area contributed by atoms with Crippen molar-refractivity contribution in [3.05, 3.63) is 0 Å². The van der Waals surface area contributed by atoms with Crippen LogP contribution in [0.2, 0.25) is 0 Å². The number of carbonyl (C=O) groups is 1. The van der Waals surface area contributed by atoms with Crippen molar-refractivity contribution in [3.63, 3.8) is 0 Å². The second kappa shape index (κ2) is 8.88. The van der Waals surface area contributed by atoms with Crippen molar-refractivity contribution < 1.29 is 89.6 Å². The number of aliphatic carboxylic acids is 1. The third-order valence-electron chi connectivity index (χ3n) is 4.11. The highest BCUT2D eigenvalue weighted by molar-refractivity contribution is 6.30. The van der Waals surface area contributed by atoms with Crippen molar-refractivity contribution >= 4 is 17.6 Å². The molecular formula is C13H8ClF17O3. The molecular weight excluding hydrogens is 563 g/mol. The number of aliphatic hydroxyl groups excluding tert-OH is 1. The fraction of sp³-hybridized carbons (Fsp3) is 0.923. The van der Waals surface area contributed by atoms with E-state index in [9.17, 15) is 79.4 Å². The molecule has 0 saturated carbocycles. The minimum atomic E-state index is -8.73. The number of hydrogen-bond donors (Lipinski definition) is 2. The highest BCUT2D eigenvalue weighted by Gasteiger charge is 2.95. The van der Waals surface area contributed by atoms with Crippen molar-refractivity contribution in [2.75, 3.05) is 0 Å². The maximum atomic E-state index is 13.5.